The highest BCUT2D eigenvalue weighted by atomic mass is 19.4. The van der Waals surface area contributed by atoms with Crippen LogP contribution in [-0.4, -0.2) is 14.8 Å². The van der Waals surface area contributed by atoms with E-state index < -0.39 is 11.7 Å². The number of anilines is 1. The van der Waals surface area contributed by atoms with E-state index in [1.807, 2.05) is 0 Å². The number of nitrogen functional groups attached to an aromatic ring is 1. The summed E-state index contributed by atoms with van der Waals surface area (Å²) in [7, 11) is 0. The van der Waals surface area contributed by atoms with Crippen molar-refractivity contribution in [1.29, 1.82) is 0 Å². The van der Waals surface area contributed by atoms with Crippen molar-refractivity contribution in [3.8, 4) is 5.69 Å². The summed E-state index contributed by atoms with van der Waals surface area (Å²) in [6.07, 6.45) is -1.63. The van der Waals surface area contributed by atoms with Gasteiger partial charge in [0.25, 0.3) is 0 Å². The second-order valence-corrected chi connectivity index (χ2v) is 4.25. The maximum Gasteiger partial charge on any atom is 0.418 e. The molecule has 7 heteroatoms. The third-order valence-corrected chi connectivity index (χ3v) is 2.87. The molecule has 2 heterocycles. The Morgan fingerprint density at radius 2 is 1.85 bits per heavy atom. The van der Waals surface area contributed by atoms with Gasteiger partial charge >= 0.3 is 6.18 Å². The van der Waals surface area contributed by atoms with E-state index in [9.17, 15) is 13.2 Å². The van der Waals surface area contributed by atoms with Gasteiger partial charge in [-0.2, -0.15) is 18.3 Å². The van der Waals surface area contributed by atoms with Gasteiger partial charge in [-0.1, -0.05) is 12.1 Å². The molecule has 20 heavy (non-hydrogen) atoms. The second-order valence-electron chi connectivity index (χ2n) is 4.25. The SMILES string of the molecule is Nc1cnc2c(cnn2-c2ccccc2C(F)(F)F)c1. The molecule has 0 unspecified atom stereocenters. The number of halogens is 3. The molecule has 0 aliphatic heterocycles. The molecule has 0 aliphatic rings. The minimum Gasteiger partial charge on any atom is -0.397 e. The van der Waals surface area contributed by atoms with Crippen LogP contribution in [0.4, 0.5) is 18.9 Å². The van der Waals surface area contributed by atoms with Crippen LogP contribution >= 0.6 is 0 Å². The molecule has 0 spiro atoms. The Labute approximate surface area is 111 Å². The first-order chi connectivity index (χ1) is 9.47. The van der Waals surface area contributed by atoms with Gasteiger partial charge < -0.3 is 5.73 Å². The van der Waals surface area contributed by atoms with Crippen molar-refractivity contribution in [1.82, 2.24) is 14.8 Å². The summed E-state index contributed by atoms with van der Waals surface area (Å²) in [4.78, 5) is 4.05. The Morgan fingerprint density at radius 1 is 1.10 bits per heavy atom. The number of hydrogen-bond acceptors (Lipinski definition) is 3. The number of benzene rings is 1. The number of fused-ring (bicyclic) bond motifs is 1. The number of alkyl halides is 3. The highest BCUT2D eigenvalue weighted by Gasteiger charge is 2.34. The van der Waals surface area contributed by atoms with Crippen LogP contribution in [0.3, 0.4) is 0 Å². The lowest BCUT2D eigenvalue weighted by Crippen LogP contribution is -2.11. The fraction of sp³-hybridized carbons (Fsp3) is 0.0769. The summed E-state index contributed by atoms with van der Waals surface area (Å²) in [5, 5.41) is 4.56. The van der Waals surface area contributed by atoms with Gasteiger partial charge in [0, 0.05) is 5.39 Å². The zero-order valence-corrected chi connectivity index (χ0v) is 10.1. The highest BCUT2D eigenvalue weighted by Crippen LogP contribution is 2.34. The van der Waals surface area contributed by atoms with Crippen LogP contribution in [0.25, 0.3) is 16.7 Å². The third kappa shape index (κ3) is 1.97. The summed E-state index contributed by atoms with van der Waals surface area (Å²) < 4.78 is 40.2. The van der Waals surface area contributed by atoms with Gasteiger partial charge in [-0.25, -0.2) is 9.67 Å². The van der Waals surface area contributed by atoms with Gasteiger partial charge in [0.05, 0.1) is 29.3 Å². The maximum atomic E-state index is 13.0. The van der Waals surface area contributed by atoms with Crippen LogP contribution in [0.15, 0.2) is 42.7 Å². The van der Waals surface area contributed by atoms with Gasteiger partial charge in [0.1, 0.15) is 0 Å². The third-order valence-electron chi connectivity index (χ3n) is 2.87. The first-order valence-corrected chi connectivity index (χ1v) is 5.72. The van der Waals surface area contributed by atoms with Crippen LogP contribution < -0.4 is 5.73 Å². The molecule has 2 N–H and O–H groups in total. The van der Waals surface area contributed by atoms with Crippen LogP contribution in [0.2, 0.25) is 0 Å². The number of nitrogens with zero attached hydrogens (tertiary/aromatic N) is 3. The summed E-state index contributed by atoms with van der Waals surface area (Å²) >= 11 is 0. The topological polar surface area (TPSA) is 56.7 Å². The number of hydrogen-bond donors (Lipinski definition) is 1. The van der Waals surface area contributed by atoms with E-state index in [0.717, 1.165) is 10.7 Å². The Morgan fingerprint density at radius 3 is 2.60 bits per heavy atom. The average Bonchev–Trinajstić information content (AvgIpc) is 2.80. The van der Waals surface area contributed by atoms with Crippen LogP contribution in [0, 0.1) is 0 Å². The van der Waals surface area contributed by atoms with Crippen molar-refractivity contribution in [3.63, 3.8) is 0 Å². The monoisotopic (exact) mass is 278 g/mol. The van der Waals surface area contributed by atoms with Gasteiger partial charge in [0.2, 0.25) is 0 Å². The van der Waals surface area contributed by atoms with Gasteiger partial charge in [-0.3, -0.25) is 0 Å². The molecule has 0 radical (unpaired) electrons. The molecule has 3 aromatic rings. The first-order valence-electron chi connectivity index (χ1n) is 5.72. The molecule has 0 saturated heterocycles. The van der Waals surface area contributed by atoms with E-state index >= 15 is 0 Å². The van der Waals surface area contributed by atoms with Crippen molar-refractivity contribution in [3.05, 3.63) is 48.3 Å². The van der Waals surface area contributed by atoms with Crippen LogP contribution in [0.1, 0.15) is 5.56 Å². The predicted octanol–water partition coefficient (Wildman–Crippen LogP) is 3.02. The lowest BCUT2D eigenvalue weighted by Gasteiger charge is -2.12. The normalized spacial score (nSPS) is 11.9. The van der Waals surface area contributed by atoms with E-state index in [1.54, 1.807) is 6.07 Å². The fourth-order valence-corrected chi connectivity index (χ4v) is 2.01. The van der Waals surface area contributed by atoms with Crippen molar-refractivity contribution < 1.29 is 13.2 Å². The fourth-order valence-electron chi connectivity index (χ4n) is 2.01. The molecule has 4 nitrogen and oxygen atoms in total. The number of nitrogens with two attached hydrogens (primary N) is 1. The molecule has 0 saturated carbocycles. The molecule has 0 bridgehead atoms. The molecular weight excluding hydrogens is 269 g/mol. The number of para-hydroxylation sites is 1. The van der Waals surface area contributed by atoms with Crippen molar-refractivity contribution in [2.45, 2.75) is 6.18 Å². The zero-order valence-electron chi connectivity index (χ0n) is 10.1. The summed E-state index contributed by atoms with van der Waals surface area (Å²) in [5.41, 5.74) is 5.53. The molecule has 2 aromatic heterocycles. The quantitative estimate of drug-likeness (QED) is 0.744. The molecular formula is C13H9F3N4. The molecule has 0 atom stereocenters. The molecule has 3 rings (SSSR count). The smallest absolute Gasteiger partial charge is 0.397 e. The Kier molecular flexibility index (Phi) is 2.63. The van der Waals surface area contributed by atoms with E-state index in [4.69, 9.17) is 5.73 Å². The van der Waals surface area contributed by atoms with Crippen LogP contribution in [-0.2, 0) is 6.18 Å². The highest BCUT2D eigenvalue weighted by molar-refractivity contribution is 5.79. The van der Waals surface area contributed by atoms with Crippen molar-refractivity contribution in [2.75, 3.05) is 5.73 Å². The first kappa shape index (κ1) is 12.5. The molecule has 1 aromatic carbocycles. The minimum atomic E-state index is -4.46. The minimum absolute atomic E-state index is 0.0627. The molecule has 0 amide bonds. The van der Waals surface area contributed by atoms with E-state index in [0.29, 0.717) is 16.7 Å². The summed E-state index contributed by atoms with van der Waals surface area (Å²) in [6.45, 7) is 0. The van der Waals surface area contributed by atoms with E-state index in [1.165, 1.54) is 30.6 Å². The van der Waals surface area contributed by atoms with Gasteiger partial charge in [0.15, 0.2) is 5.65 Å². The number of aromatic nitrogens is 3. The largest absolute Gasteiger partial charge is 0.418 e. The number of rotatable bonds is 1. The van der Waals surface area contributed by atoms with Crippen molar-refractivity contribution >= 4 is 16.7 Å². The standard InChI is InChI=1S/C13H9F3N4/c14-13(15,16)10-3-1-2-4-11(10)20-12-8(6-19-20)5-9(17)7-18-12/h1-7H,17H2. The van der Waals surface area contributed by atoms with E-state index in [2.05, 4.69) is 10.1 Å². The lowest BCUT2D eigenvalue weighted by atomic mass is 10.1. The zero-order chi connectivity index (χ0) is 14.3. The average molecular weight is 278 g/mol. The number of pyridine rings is 1. The second kappa shape index (κ2) is 4.22. The Bertz CT molecular complexity index is 777. The Hall–Kier alpha value is -2.57. The lowest BCUT2D eigenvalue weighted by molar-refractivity contribution is -0.137. The molecule has 0 aliphatic carbocycles. The molecule has 102 valence electrons. The summed E-state index contributed by atoms with van der Waals surface area (Å²) in [6, 6.07) is 6.84. The van der Waals surface area contributed by atoms with Crippen LogP contribution in [0.5, 0.6) is 0 Å². The van der Waals surface area contributed by atoms with Gasteiger partial charge in [-0.15, -0.1) is 0 Å². The maximum absolute atomic E-state index is 13.0. The Balaban J connectivity index is 2.27. The summed E-state index contributed by atoms with van der Waals surface area (Å²) in [5.74, 6) is 0. The van der Waals surface area contributed by atoms with Crippen molar-refractivity contribution in [2.24, 2.45) is 0 Å². The van der Waals surface area contributed by atoms with E-state index in [-0.39, 0.29) is 5.69 Å². The van der Waals surface area contributed by atoms with Gasteiger partial charge in [-0.05, 0) is 18.2 Å². The predicted molar refractivity (Wildman–Crippen MR) is 68.3 cm³/mol. The molecule has 0 fully saturated rings.